The van der Waals surface area contributed by atoms with Crippen molar-refractivity contribution >= 4 is 18.0 Å². The van der Waals surface area contributed by atoms with Crippen LogP contribution in [-0.4, -0.2) is 53.7 Å². The number of ether oxygens (including phenoxy) is 1. The molecule has 0 aromatic heterocycles. The van der Waals surface area contributed by atoms with Gasteiger partial charge < -0.3 is 20.1 Å². The van der Waals surface area contributed by atoms with Crippen LogP contribution in [0.15, 0.2) is 48.5 Å². The van der Waals surface area contributed by atoms with Gasteiger partial charge in [0.05, 0.1) is 5.92 Å². The van der Waals surface area contributed by atoms with E-state index in [-0.39, 0.29) is 36.8 Å². The van der Waals surface area contributed by atoms with Crippen LogP contribution in [-0.2, 0) is 14.3 Å². The third-order valence-corrected chi connectivity index (χ3v) is 6.39. The molecule has 4 rings (SSSR count). The highest BCUT2D eigenvalue weighted by Gasteiger charge is 2.30. The van der Waals surface area contributed by atoms with Crippen LogP contribution in [0.2, 0.25) is 0 Å². The summed E-state index contributed by atoms with van der Waals surface area (Å²) in [5.74, 6) is -1.28. The maximum atomic E-state index is 12.5. The number of alkyl carbamates (subject to hydrolysis) is 1. The molecule has 2 aliphatic rings. The van der Waals surface area contributed by atoms with Crippen molar-refractivity contribution in [2.24, 2.45) is 5.92 Å². The standard InChI is InChI=1S/C25H28N2O5/c1-16(14-23(28)27-12-10-17(11-13-27)24(29)30)26-25(31)32-15-22-20-8-4-2-6-18(20)19-7-3-5-9-21(19)22/h2-9,16-17,22H,10-15H2,1H3,(H,26,31)(H,29,30). The third kappa shape index (κ3) is 4.61. The van der Waals surface area contributed by atoms with Gasteiger partial charge in [0.15, 0.2) is 0 Å². The number of piperidine rings is 1. The van der Waals surface area contributed by atoms with E-state index in [9.17, 15) is 14.4 Å². The zero-order chi connectivity index (χ0) is 22.7. The van der Waals surface area contributed by atoms with Crippen molar-refractivity contribution in [3.8, 4) is 11.1 Å². The van der Waals surface area contributed by atoms with Gasteiger partial charge >= 0.3 is 12.1 Å². The van der Waals surface area contributed by atoms with Crippen LogP contribution in [0.4, 0.5) is 4.79 Å². The maximum absolute atomic E-state index is 12.5. The lowest BCUT2D eigenvalue weighted by Crippen LogP contribution is -2.43. The highest BCUT2D eigenvalue weighted by molar-refractivity contribution is 5.80. The predicted molar refractivity (Wildman–Crippen MR) is 119 cm³/mol. The number of carboxylic acid groups (broad SMARTS) is 1. The fourth-order valence-electron chi connectivity index (χ4n) is 4.66. The molecule has 1 heterocycles. The van der Waals surface area contributed by atoms with Crippen LogP contribution in [0.25, 0.3) is 11.1 Å². The van der Waals surface area contributed by atoms with E-state index in [1.165, 1.54) is 11.1 Å². The Hall–Kier alpha value is -3.35. The van der Waals surface area contributed by atoms with Gasteiger partial charge in [-0.25, -0.2) is 4.79 Å². The van der Waals surface area contributed by atoms with Gasteiger partial charge in [0, 0.05) is 31.5 Å². The summed E-state index contributed by atoms with van der Waals surface area (Å²) >= 11 is 0. The quantitative estimate of drug-likeness (QED) is 0.721. The summed E-state index contributed by atoms with van der Waals surface area (Å²) in [6.07, 6.45) is 0.545. The summed E-state index contributed by atoms with van der Waals surface area (Å²) in [5, 5.41) is 11.8. The van der Waals surface area contributed by atoms with Crippen molar-refractivity contribution < 1.29 is 24.2 Å². The van der Waals surface area contributed by atoms with Gasteiger partial charge in [-0.1, -0.05) is 48.5 Å². The number of hydrogen-bond donors (Lipinski definition) is 2. The number of nitrogens with zero attached hydrogens (tertiary/aromatic N) is 1. The first-order valence-corrected chi connectivity index (χ1v) is 11.1. The monoisotopic (exact) mass is 436 g/mol. The molecule has 168 valence electrons. The predicted octanol–water partition coefficient (Wildman–Crippen LogP) is 3.63. The fraction of sp³-hybridized carbons (Fsp3) is 0.400. The second-order valence-electron chi connectivity index (χ2n) is 8.57. The van der Waals surface area contributed by atoms with Gasteiger partial charge in [0.25, 0.3) is 0 Å². The average molecular weight is 437 g/mol. The molecular weight excluding hydrogens is 408 g/mol. The van der Waals surface area contributed by atoms with Crippen molar-refractivity contribution in [3.63, 3.8) is 0 Å². The highest BCUT2D eigenvalue weighted by atomic mass is 16.5. The molecule has 1 saturated heterocycles. The van der Waals surface area contributed by atoms with Crippen molar-refractivity contribution in [1.82, 2.24) is 10.2 Å². The van der Waals surface area contributed by atoms with Crippen LogP contribution in [0.5, 0.6) is 0 Å². The summed E-state index contributed by atoms with van der Waals surface area (Å²) in [5.41, 5.74) is 4.63. The number of benzene rings is 2. The van der Waals surface area contributed by atoms with Gasteiger partial charge in [-0.05, 0) is 42.0 Å². The van der Waals surface area contributed by atoms with E-state index >= 15 is 0 Å². The molecule has 7 heteroatoms. The van der Waals surface area contributed by atoms with E-state index in [2.05, 4.69) is 29.6 Å². The van der Waals surface area contributed by atoms with Crippen molar-refractivity contribution in [2.45, 2.75) is 38.1 Å². The van der Waals surface area contributed by atoms with E-state index in [4.69, 9.17) is 9.84 Å². The van der Waals surface area contributed by atoms with Crippen LogP contribution >= 0.6 is 0 Å². The van der Waals surface area contributed by atoms with Crippen LogP contribution in [0.1, 0.15) is 43.2 Å². The lowest BCUT2D eigenvalue weighted by molar-refractivity contribution is -0.145. The Morgan fingerprint density at radius 1 is 1.03 bits per heavy atom. The Bertz CT molecular complexity index is 967. The molecule has 7 nitrogen and oxygen atoms in total. The minimum Gasteiger partial charge on any atom is -0.481 e. The third-order valence-electron chi connectivity index (χ3n) is 6.39. The van der Waals surface area contributed by atoms with E-state index < -0.39 is 12.1 Å². The molecule has 1 unspecified atom stereocenters. The van der Waals surface area contributed by atoms with Crippen molar-refractivity contribution in [2.75, 3.05) is 19.7 Å². The number of nitrogens with one attached hydrogen (secondary N) is 1. The zero-order valence-electron chi connectivity index (χ0n) is 18.1. The van der Waals surface area contributed by atoms with Crippen LogP contribution in [0, 0.1) is 5.92 Å². The number of carboxylic acids is 1. The molecule has 0 radical (unpaired) electrons. The molecule has 32 heavy (non-hydrogen) atoms. The van der Waals surface area contributed by atoms with Crippen LogP contribution < -0.4 is 5.32 Å². The molecule has 2 N–H and O–H groups in total. The highest BCUT2D eigenvalue weighted by Crippen LogP contribution is 2.44. The largest absolute Gasteiger partial charge is 0.481 e. The number of hydrogen-bond acceptors (Lipinski definition) is 4. The van der Waals surface area contributed by atoms with E-state index in [0.29, 0.717) is 25.9 Å². The number of carbonyl (C=O) groups is 3. The van der Waals surface area contributed by atoms with Crippen LogP contribution in [0.3, 0.4) is 0 Å². The van der Waals surface area contributed by atoms with Crippen molar-refractivity contribution in [1.29, 1.82) is 0 Å². The van der Waals surface area contributed by atoms with Gasteiger partial charge in [-0.15, -0.1) is 0 Å². The van der Waals surface area contributed by atoms with E-state index in [1.54, 1.807) is 11.8 Å². The minimum atomic E-state index is -0.803. The number of amides is 2. The maximum Gasteiger partial charge on any atom is 0.407 e. The second kappa shape index (κ2) is 9.42. The lowest BCUT2D eigenvalue weighted by Gasteiger charge is -2.31. The van der Waals surface area contributed by atoms with Gasteiger partial charge in [0.1, 0.15) is 6.61 Å². The Morgan fingerprint density at radius 3 is 2.16 bits per heavy atom. The first kappa shape index (κ1) is 21.9. The molecule has 2 aromatic carbocycles. The lowest BCUT2D eigenvalue weighted by atomic mass is 9.97. The van der Waals surface area contributed by atoms with E-state index in [1.807, 2.05) is 24.3 Å². The first-order chi connectivity index (χ1) is 15.4. The molecule has 0 bridgehead atoms. The zero-order valence-corrected chi connectivity index (χ0v) is 18.1. The minimum absolute atomic E-state index is 0.0133. The summed E-state index contributed by atoms with van der Waals surface area (Å²) < 4.78 is 5.54. The normalized spacial score (nSPS) is 16.7. The fourth-order valence-corrected chi connectivity index (χ4v) is 4.66. The molecule has 0 saturated carbocycles. The topological polar surface area (TPSA) is 95.9 Å². The number of fused-ring (bicyclic) bond motifs is 3. The molecule has 1 aliphatic heterocycles. The molecule has 1 fully saturated rings. The Kier molecular flexibility index (Phi) is 6.44. The Balaban J connectivity index is 1.27. The number of rotatable bonds is 6. The van der Waals surface area contributed by atoms with Gasteiger partial charge in [-0.3, -0.25) is 9.59 Å². The SMILES string of the molecule is CC(CC(=O)N1CCC(C(=O)O)CC1)NC(=O)OCC1c2ccccc2-c2ccccc21. The number of aliphatic carboxylic acids is 1. The van der Waals surface area contributed by atoms with Gasteiger partial charge in [0.2, 0.25) is 5.91 Å². The molecule has 2 aromatic rings. The smallest absolute Gasteiger partial charge is 0.407 e. The molecule has 0 spiro atoms. The number of likely N-dealkylation sites (tertiary alicyclic amines) is 1. The average Bonchev–Trinajstić information content (AvgIpc) is 3.11. The van der Waals surface area contributed by atoms with E-state index in [0.717, 1.165) is 11.1 Å². The second-order valence-corrected chi connectivity index (χ2v) is 8.57. The Labute approximate surface area is 187 Å². The molecule has 1 aliphatic carbocycles. The van der Waals surface area contributed by atoms with Crippen molar-refractivity contribution in [3.05, 3.63) is 59.7 Å². The first-order valence-electron chi connectivity index (χ1n) is 11.1. The van der Waals surface area contributed by atoms with Gasteiger partial charge in [-0.2, -0.15) is 0 Å². The molecule has 1 atom stereocenters. The molecule has 2 amide bonds. The number of carbonyl (C=O) groups excluding carboxylic acids is 2. The Morgan fingerprint density at radius 2 is 1.59 bits per heavy atom. The molecular formula is C25H28N2O5. The summed E-state index contributed by atoms with van der Waals surface area (Å²) in [6, 6.07) is 15.9. The summed E-state index contributed by atoms with van der Waals surface area (Å²) in [6.45, 7) is 2.87. The summed E-state index contributed by atoms with van der Waals surface area (Å²) in [4.78, 5) is 37.6. The summed E-state index contributed by atoms with van der Waals surface area (Å²) in [7, 11) is 0.